The first-order valence-corrected chi connectivity index (χ1v) is 10.7. The van der Waals surface area contributed by atoms with Crippen molar-refractivity contribution in [2.45, 2.75) is 23.8 Å². The van der Waals surface area contributed by atoms with Gasteiger partial charge in [0.2, 0.25) is 11.1 Å². The van der Waals surface area contributed by atoms with E-state index in [1.165, 1.54) is 11.8 Å². The maximum Gasteiger partial charge on any atom is 0.237 e. The second-order valence-electron chi connectivity index (χ2n) is 6.99. The Hall–Kier alpha value is -3.45. The zero-order chi connectivity index (χ0) is 20.5. The summed E-state index contributed by atoms with van der Waals surface area (Å²) in [6.07, 6.45) is 0.648. The van der Waals surface area contributed by atoms with Crippen LogP contribution in [0.25, 0.3) is 32.8 Å². The molecule has 0 fully saturated rings. The number of carbonyl (C=O) groups is 1. The van der Waals surface area contributed by atoms with E-state index in [0.29, 0.717) is 17.2 Å². The van der Waals surface area contributed by atoms with E-state index in [0.717, 1.165) is 32.9 Å². The second kappa shape index (κ2) is 7.76. The minimum Gasteiger partial charge on any atom is -0.338 e. The summed E-state index contributed by atoms with van der Waals surface area (Å²) in [7, 11) is 0. The van der Waals surface area contributed by atoms with Gasteiger partial charge in [0.05, 0.1) is 5.25 Å². The minimum absolute atomic E-state index is 0.0702. The molecule has 2 heterocycles. The molecule has 1 atom stereocenters. The van der Waals surface area contributed by atoms with Crippen LogP contribution in [0, 0.1) is 0 Å². The number of amides is 1. The molecule has 5 aromatic rings. The van der Waals surface area contributed by atoms with Crippen LogP contribution in [0.3, 0.4) is 0 Å². The molecule has 5 rings (SSSR count). The van der Waals surface area contributed by atoms with E-state index in [1.807, 2.05) is 73.7 Å². The van der Waals surface area contributed by atoms with Crippen molar-refractivity contribution >= 4 is 56.2 Å². The highest BCUT2D eigenvalue weighted by Gasteiger charge is 2.21. The van der Waals surface area contributed by atoms with Gasteiger partial charge in [0.1, 0.15) is 5.52 Å². The van der Waals surface area contributed by atoms with Crippen LogP contribution in [0.15, 0.2) is 71.9 Å². The van der Waals surface area contributed by atoms with Crippen LogP contribution in [0.4, 0.5) is 5.69 Å². The van der Waals surface area contributed by atoms with Crippen molar-refractivity contribution in [2.24, 2.45) is 0 Å². The number of carbonyl (C=O) groups excluding carboxylic acids is 1. The molecule has 0 aliphatic carbocycles. The summed E-state index contributed by atoms with van der Waals surface area (Å²) in [5.74, 6) is -0.0702. The summed E-state index contributed by atoms with van der Waals surface area (Å²) in [6, 6.07) is 21.8. The van der Waals surface area contributed by atoms with Crippen LogP contribution < -0.4 is 5.32 Å². The van der Waals surface area contributed by atoms with Crippen molar-refractivity contribution in [3.8, 4) is 0 Å². The number of rotatable bonds is 5. The zero-order valence-electron chi connectivity index (χ0n) is 16.3. The highest BCUT2D eigenvalue weighted by Crippen LogP contribution is 2.28. The third-order valence-electron chi connectivity index (χ3n) is 5.06. The summed E-state index contributed by atoms with van der Waals surface area (Å²) >= 11 is 1.33. The van der Waals surface area contributed by atoms with E-state index in [2.05, 4.69) is 25.5 Å². The average Bonchev–Trinajstić information content (AvgIpc) is 3.15. The summed E-state index contributed by atoms with van der Waals surface area (Å²) in [5.41, 5.74) is 3.20. The summed E-state index contributed by atoms with van der Waals surface area (Å²) < 4.78 is 0. The highest BCUT2D eigenvalue weighted by atomic mass is 32.2. The van der Waals surface area contributed by atoms with Crippen molar-refractivity contribution in [1.29, 1.82) is 0 Å². The van der Waals surface area contributed by atoms with Gasteiger partial charge in [-0.2, -0.15) is 0 Å². The predicted molar refractivity (Wildman–Crippen MR) is 122 cm³/mol. The fourth-order valence-corrected chi connectivity index (χ4v) is 4.37. The maximum atomic E-state index is 13.0. The first-order chi connectivity index (χ1) is 14.7. The number of nitrogens with zero attached hydrogens (tertiary/aromatic N) is 3. The molecule has 148 valence electrons. The van der Waals surface area contributed by atoms with Crippen LogP contribution in [0.5, 0.6) is 0 Å². The van der Waals surface area contributed by atoms with E-state index in [9.17, 15) is 4.79 Å². The number of aromatic amines is 1. The zero-order valence-corrected chi connectivity index (χ0v) is 17.1. The third-order valence-corrected chi connectivity index (χ3v) is 6.28. The minimum atomic E-state index is -0.326. The molecule has 0 aliphatic heterocycles. The Kier molecular flexibility index (Phi) is 4.80. The molecule has 1 amide bonds. The number of thioether (sulfide) groups is 1. The lowest BCUT2D eigenvalue weighted by molar-refractivity contribution is -0.115. The lowest BCUT2D eigenvalue weighted by Gasteiger charge is -2.15. The van der Waals surface area contributed by atoms with Crippen LogP contribution in [0.1, 0.15) is 13.3 Å². The molecule has 0 bridgehead atoms. The van der Waals surface area contributed by atoms with Crippen LogP contribution in [-0.2, 0) is 4.79 Å². The first kappa shape index (κ1) is 18.6. The van der Waals surface area contributed by atoms with Gasteiger partial charge in [-0.25, -0.2) is 4.98 Å². The third kappa shape index (κ3) is 3.37. The van der Waals surface area contributed by atoms with E-state index in [1.54, 1.807) is 0 Å². The summed E-state index contributed by atoms with van der Waals surface area (Å²) in [6.45, 7) is 1.98. The van der Waals surface area contributed by atoms with Gasteiger partial charge >= 0.3 is 0 Å². The Morgan fingerprint density at radius 3 is 2.63 bits per heavy atom. The quantitative estimate of drug-likeness (QED) is 0.389. The van der Waals surface area contributed by atoms with Crippen molar-refractivity contribution in [2.75, 3.05) is 5.32 Å². The molecule has 7 heteroatoms. The van der Waals surface area contributed by atoms with Gasteiger partial charge in [-0.05, 0) is 23.9 Å². The van der Waals surface area contributed by atoms with Crippen molar-refractivity contribution in [3.05, 3.63) is 66.7 Å². The average molecular weight is 414 g/mol. The highest BCUT2D eigenvalue weighted by molar-refractivity contribution is 8.00. The van der Waals surface area contributed by atoms with Crippen molar-refractivity contribution in [1.82, 2.24) is 20.2 Å². The monoisotopic (exact) mass is 413 g/mol. The SMILES string of the molecule is CC[C@@H](Sc1nnc2c(n1)[nH]c1ccccc12)C(=O)Nc1cccc2ccccc12. The molecule has 0 aliphatic rings. The van der Waals surface area contributed by atoms with E-state index in [4.69, 9.17) is 0 Å². The molecule has 30 heavy (non-hydrogen) atoms. The summed E-state index contributed by atoms with van der Waals surface area (Å²) in [5, 5.41) is 14.9. The molecular weight excluding hydrogens is 394 g/mol. The molecule has 2 aromatic heterocycles. The Morgan fingerprint density at radius 2 is 1.77 bits per heavy atom. The Balaban J connectivity index is 1.40. The molecule has 3 aromatic carbocycles. The normalized spacial score (nSPS) is 12.4. The lowest BCUT2D eigenvalue weighted by atomic mass is 10.1. The first-order valence-electron chi connectivity index (χ1n) is 9.79. The standard InChI is InChI=1S/C23H19N5OS/c1-2-19(22(29)25-17-13-7-9-14-8-3-4-10-15(14)17)30-23-26-21-20(27-28-23)16-11-5-6-12-18(16)24-21/h3-13,19H,2H2,1H3,(H,25,29)(H,24,26,28)/t19-/m1/s1. The van der Waals surface area contributed by atoms with E-state index < -0.39 is 0 Å². The molecule has 0 spiro atoms. The number of nitrogens with one attached hydrogen (secondary N) is 2. The number of benzene rings is 3. The van der Waals surface area contributed by atoms with E-state index in [-0.39, 0.29) is 11.2 Å². The number of fused-ring (bicyclic) bond motifs is 4. The number of para-hydroxylation sites is 1. The van der Waals surface area contributed by atoms with Gasteiger partial charge in [-0.15, -0.1) is 10.2 Å². The van der Waals surface area contributed by atoms with Crippen LogP contribution in [-0.4, -0.2) is 31.3 Å². The number of anilines is 1. The van der Waals surface area contributed by atoms with Crippen LogP contribution >= 0.6 is 11.8 Å². The van der Waals surface area contributed by atoms with E-state index >= 15 is 0 Å². The smallest absolute Gasteiger partial charge is 0.237 e. The second-order valence-corrected chi connectivity index (χ2v) is 8.16. The fraction of sp³-hybridized carbons (Fsp3) is 0.130. The Bertz CT molecular complexity index is 1370. The van der Waals surface area contributed by atoms with Gasteiger partial charge < -0.3 is 10.3 Å². The van der Waals surface area contributed by atoms with Gasteiger partial charge in [-0.1, -0.05) is 73.3 Å². The molecule has 6 nitrogen and oxygen atoms in total. The lowest BCUT2D eigenvalue weighted by Crippen LogP contribution is -2.25. The van der Waals surface area contributed by atoms with Crippen molar-refractivity contribution in [3.63, 3.8) is 0 Å². The Morgan fingerprint density at radius 1 is 1.00 bits per heavy atom. The van der Waals surface area contributed by atoms with Gasteiger partial charge in [0, 0.05) is 22.0 Å². The molecule has 0 radical (unpaired) electrons. The molecule has 2 N–H and O–H groups in total. The Labute approximate surface area is 177 Å². The molecule has 0 unspecified atom stereocenters. The van der Waals surface area contributed by atoms with Gasteiger partial charge in [-0.3, -0.25) is 4.79 Å². The number of H-pyrrole nitrogens is 1. The van der Waals surface area contributed by atoms with Gasteiger partial charge in [0.25, 0.3) is 0 Å². The molecule has 0 saturated heterocycles. The largest absolute Gasteiger partial charge is 0.338 e. The summed E-state index contributed by atoms with van der Waals surface area (Å²) in [4.78, 5) is 20.8. The molecule has 0 saturated carbocycles. The predicted octanol–water partition coefficient (Wildman–Crippen LogP) is 5.17. The van der Waals surface area contributed by atoms with Gasteiger partial charge in [0.15, 0.2) is 5.65 Å². The topological polar surface area (TPSA) is 83.6 Å². The molecular formula is C23H19N5OS. The number of hydrogen-bond donors (Lipinski definition) is 2. The maximum absolute atomic E-state index is 13.0. The number of aromatic nitrogens is 4. The fourth-order valence-electron chi connectivity index (χ4n) is 3.55. The van der Waals surface area contributed by atoms with Crippen LogP contribution in [0.2, 0.25) is 0 Å². The number of hydrogen-bond acceptors (Lipinski definition) is 5. The van der Waals surface area contributed by atoms with Crippen molar-refractivity contribution < 1.29 is 4.79 Å².